The van der Waals surface area contributed by atoms with Crippen LogP contribution in [0.4, 0.5) is 0 Å². The van der Waals surface area contributed by atoms with E-state index in [0.717, 1.165) is 0 Å². The monoisotopic (exact) mass is 296 g/mol. The Labute approximate surface area is 124 Å². The van der Waals surface area contributed by atoms with Gasteiger partial charge in [0.05, 0.1) is 5.92 Å². The summed E-state index contributed by atoms with van der Waals surface area (Å²) in [4.78, 5) is 37.0. The van der Waals surface area contributed by atoms with E-state index in [1.54, 1.807) is 4.90 Å². The summed E-state index contributed by atoms with van der Waals surface area (Å²) >= 11 is 0. The van der Waals surface area contributed by atoms with Crippen molar-refractivity contribution < 1.29 is 19.5 Å². The highest BCUT2D eigenvalue weighted by Gasteiger charge is 2.36. The van der Waals surface area contributed by atoms with Gasteiger partial charge in [-0.05, 0) is 46.0 Å². The summed E-state index contributed by atoms with van der Waals surface area (Å²) in [5.74, 6) is -1.34. The zero-order valence-corrected chi connectivity index (χ0v) is 12.7. The van der Waals surface area contributed by atoms with Crippen LogP contribution in [0.1, 0.15) is 46.0 Å². The second-order valence-corrected chi connectivity index (χ2v) is 6.36. The van der Waals surface area contributed by atoms with Crippen LogP contribution < -0.4 is 5.32 Å². The lowest BCUT2D eigenvalue weighted by Gasteiger charge is -2.26. The molecule has 0 bridgehead atoms. The Kier molecular flexibility index (Phi) is 4.85. The van der Waals surface area contributed by atoms with E-state index in [1.165, 1.54) is 0 Å². The van der Waals surface area contributed by atoms with Crippen LogP contribution in [0.3, 0.4) is 0 Å². The minimum atomic E-state index is -0.771. The summed E-state index contributed by atoms with van der Waals surface area (Å²) in [6.45, 7) is 4.62. The first kappa shape index (κ1) is 15.8. The van der Waals surface area contributed by atoms with Gasteiger partial charge in [-0.15, -0.1) is 0 Å². The highest BCUT2D eigenvalue weighted by Crippen LogP contribution is 2.29. The predicted molar refractivity (Wildman–Crippen MR) is 76.5 cm³/mol. The number of hydrogen-bond donors (Lipinski definition) is 2. The van der Waals surface area contributed by atoms with Gasteiger partial charge in [-0.3, -0.25) is 14.4 Å². The fourth-order valence-electron chi connectivity index (χ4n) is 3.24. The lowest BCUT2D eigenvalue weighted by Crippen LogP contribution is -2.45. The van der Waals surface area contributed by atoms with Gasteiger partial charge in [-0.1, -0.05) is 0 Å². The highest BCUT2D eigenvalue weighted by atomic mass is 16.4. The Balaban J connectivity index is 1.83. The van der Waals surface area contributed by atoms with Crippen molar-refractivity contribution in [1.82, 2.24) is 10.2 Å². The molecule has 118 valence electrons. The standard InChI is InChI=1S/C15H24N2O4/c1-9(2)17-8-7-12(14(17)19)16-13(18)10-3-5-11(6-4-10)15(20)21/h9-12H,3-8H2,1-2H3,(H,16,18)(H,20,21). The number of rotatable bonds is 4. The lowest BCUT2D eigenvalue weighted by atomic mass is 9.81. The number of nitrogens with zero attached hydrogens (tertiary/aromatic N) is 1. The Morgan fingerprint density at radius 3 is 2.19 bits per heavy atom. The maximum atomic E-state index is 12.2. The first-order valence-corrected chi connectivity index (χ1v) is 7.73. The molecule has 2 aliphatic rings. The average molecular weight is 296 g/mol. The summed E-state index contributed by atoms with van der Waals surface area (Å²) in [5, 5.41) is 11.8. The average Bonchev–Trinajstić information content (AvgIpc) is 2.80. The van der Waals surface area contributed by atoms with Crippen LogP contribution in [0.2, 0.25) is 0 Å². The third-order valence-electron chi connectivity index (χ3n) is 4.63. The summed E-state index contributed by atoms with van der Waals surface area (Å²) in [5.41, 5.74) is 0. The van der Waals surface area contributed by atoms with Crippen molar-refractivity contribution in [3.8, 4) is 0 Å². The number of carbonyl (C=O) groups is 3. The number of aliphatic carboxylic acids is 1. The van der Waals surface area contributed by atoms with E-state index in [0.29, 0.717) is 38.6 Å². The first-order chi connectivity index (χ1) is 9.90. The van der Waals surface area contributed by atoms with Crippen molar-refractivity contribution in [3.05, 3.63) is 0 Å². The van der Waals surface area contributed by atoms with Crippen molar-refractivity contribution in [3.63, 3.8) is 0 Å². The van der Waals surface area contributed by atoms with E-state index in [2.05, 4.69) is 5.32 Å². The number of amides is 2. The van der Waals surface area contributed by atoms with Crippen molar-refractivity contribution in [2.45, 2.75) is 58.0 Å². The topological polar surface area (TPSA) is 86.7 Å². The van der Waals surface area contributed by atoms with Gasteiger partial charge in [0.15, 0.2) is 0 Å². The van der Waals surface area contributed by atoms with Gasteiger partial charge in [-0.2, -0.15) is 0 Å². The molecule has 6 heteroatoms. The smallest absolute Gasteiger partial charge is 0.306 e. The number of nitrogens with one attached hydrogen (secondary N) is 1. The summed E-state index contributed by atoms with van der Waals surface area (Å²) in [6.07, 6.45) is 2.94. The number of carboxylic acid groups (broad SMARTS) is 1. The zero-order valence-electron chi connectivity index (χ0n) is 12.7. The largest absolute Gasteiger partial charge is 0.481 e. The zero-order chi connectivity index (χ0) is 15.6. The van der Waals surface area contributed by atoms with Crippen LogP contribution >= 0.6 is 0 Å². The minimum Gasteiger partial charge on any atom is -0.481 e. The molecule has 2 N–H and O–H groups in total. The fraction of sp³-hybridized carbons (Fsp3) is 0.800. The SMILES string of the molecule is CC(C)N1CCC(NC(=O)C2CCC(C(=O)O)CC2)C1=O. The number of carboxylic acids is 1. The van der Waals surface area contributed by atoms with E-state index in [1.807, 2.05) is 13.8 Å². The number of hydrogen-bond acceptors (Lipinski definition) is 3. The summed E-state index contributed by atoms with van der Waals surface area (Å²) < 4.78 is 0. The first-order valence-electron chi connectivity index (χ1n) is 7.73. The Bertz CT molecular complexity index is 427. The third kappa shape index (κ3) is 3.54. The van der Waals surface area contributed by atoms with Gasteiger partial charge < -0.3 is 15.3 Å². The Morgan fingerprint density at radius 1 is 1.14 bits per heavy atom. The molecule has 1 saturated heterocycles. The predicted octanol–water partition coefficient (Wildman–Crippen LogP) is 1.00. The van der Waals surface area contributed by atoms with Crippen molar-refractivity contribution in [2.75, 3.05) is 6.54 Å². The molecule has 1 atom stereocenters. The molecule has 0 spiro atoms. The quantitative estimate of drug-likeness (QED) is 0.810. The Morgan fingerprint density at radius 2 is 1.71 bits per heavy atom. The van der Waals surface area contributed by atoms with Crippen molar-refractivity contribution >= 4 is 17.8 Å². The van der Waals surface area contributed by atoms with Gasteiger partial charge in [0, 0.05) is 18.5 Å². The maximum absolute atomic E-state index is 12.2. The molecule has 1 saturated carbocycles. The molecule has 0 aromatic carbocycles. The highest BCUT2D eigenvalue weighted by molar-refractivity contribution is 5.90. The van der Waals surface area contributed by atoms with Gasteiger partial charge in [0.25, 0.3) is 0 Å². The van der Waals surface area contributed by atoms with E-state index in [9.17, 15) is 14.4 Å². The van der Waals surface area contributed by atoms with Gasteiger partial charge in [-0.25, -0.2) is 0 Å². The molecule has 2 fully saturated rings. The van der Waals surface area contributed by atoms with Crippen LogP contribution in [0, 0.1) is 11.8 Å². The van der Waals surface area contributed by atoms with Gasteiger partial charge in [0.1, 0.15) is 6.04 Å². The molecular weight excluding hydrogens is 272 g/mol. The molecule has 2 rings (SSSR count). The van der Waals surface area contributed by atoms with E-state index in [-0.39, 0.29) is 29.7 Å². The molecular formula is C15H24N2O4. The maximum Gasteiger partial charge on any atom is 0.306 e. The second-order valence-electron chi connectivity index (χ2n) is 6.36. The number of likely N-dealkylation sites (tertiary alicyclic amines) is 1. The molecule has 0 radical (unpaired) electrons. The molecule has 0 aromatic heterocycles. The van der Waals surface area contributed by atoms with Crippen LogP contribution in [0.25, 0.3) is 0 Å². The van der Waals surface area contributed by atoms with Crippen molar-refractivity contribution in [1.29, 1.82) is 0 Å². The van der Waals surface area contributed by atoms with Crippen LogP contribution in [0.15, 0.2) is 0 Å². The van der Waals surface area contributed by atoms with E-state index >= 15 is 0 Å². The summed E-state index contributed by atoms with van der Waals surface area (Å²) in [7, 11) is 0. The molecule has 2 amide bonds. The molecule has 1 aliphatic heterocycles. The number of carbonyl (C=O) groups excluding carboxylic acids is 2. The lowest BCUT2D eigenvalue weighted by molar-refractivity contribution is -0.144. The van der Waals surface area contributed by atoms with Crippen molar-refractivity contribution in [2.24, 2.45) is 11.8 Å². The van der Waals surface area contributed by atoms with Crippen LogP contribution in [0.5, 0.6) is 0 Å². The second kappa shape index (κ2) is 6.45. The third-order valence-corrected chi connectivity index (χ3v) is 4.63. The normalized spacial score (nSPS) is 29.8. The van der Waals surface area contributed by atoms with Crippen LogP contribution in [-0.2, 0) is 14.4 Å². The molecule has 6 nitrogen and oxygen atoms in total. The van der Waals surface area contributed by atoms with E-state index < -0.39 is 12.0 Å². The van der Waals surface area contributed by atoms with Gasteiger partial charge >= 0.3 is 5.97 Å². The van der Waals surface area contributed by atoms with E-state index in [4.69, 9.17) is 5.11 Å². The minimum absolute atomic E-state index is 0.00225. The molecule has 0 aromatic rings. The van der Waals surface area contributed by atoms with Gasteiger partial charge in [0.2, 0.25) is 11.8 Å². The molecule has 1 aliphatic carbocycles. The molecule has 1 unspecified atom stereocenters. The molecule has 21 heavy (non-hydrogen) atoms. The van der Waals surface area contributed by atoms with Crippen LogP contribution in [-0.4, -0.2) is 46.4 Å². The fourth-order valence-corrected chi connectivity index (χ4v) is 3.24. The summed E-state index contributed by atoms with van der Waals surface area (Å²) in [6, 6.07) is -0.248. The molecule has 1 heterocycles. The Hall–Kier alpha value is -1.59.